The fourth-order valence-electron chi connectivity index (χ4n) is 9.06. The van der Waals surface area contributed by atoms with E-state index >= 15 is 0 Å². The van der Waals surface area contributed by atoms with Gasteiger partial charge in [-0.15, -0.1) is 0 Å². The van der Waals surface area contributed by atoms with Gasteiger partial charge in [0, 0.05) is 68.2 Å². The zero-order valence-electron chi connectivity index (χ0n) is 41.0. The van der Waals surface area contributed by atoms with E-state index in [4.69, 9.17) is 15.7 Å². The molecule has 0 bridgehead atoms. The van der Waals surface area contributed by atoms with Gasteiger partial charge in [-0.25, -0.2) is 0 Å². The largest absolute Gasteiger partial charge is 0.311 e. The first-order chi connectivity index (χ1) is 34.2. The Bertz CT molecular complexity index is 2830. The average molecular weight is 907 g/mol. The van der Waals surface area contributed by atoms with Crippen LogP contribution >= 0.6 is 0 Å². The number of hydrogen-bond acceptors (Lipinski definition) is 4. The molecule has 9 rings (SSSR count). The lowest BCUT2D eigenvalue weighted by Crippen LogP contribution is -2.14. The Balaban J connectivity index is 1.06. The molecule has 0 unspecified atom stereocenters. The number of benzene rings is 9. The molecule has 342 valence electrons. The Hall–Kier alpha value is -7.69. The SMILES string of the molecule is [B]c1ccc(N(c2ccc(CCCC)cc2)c2ccc(N(c3ccc(C)cc3)c3ccc(N(c4ccc([B])cc4)c4ccc(N(c5ccc(C)cc5)c5ccc(CCCC)cc5)cc4)cc3)cc2)cc1. The van der Waals surface area contributed by atoms with Crippen LogP contribution in [0.2, 0.25) is 0 Å². The van der Waals surface area contributed by atoms with E-state index in [1.807, 2.05) is 24.3 Å². The molecule has 0 atom stereocenters. The molecule has 0 saturated heterocycles. The number of rotatable bonds is 18. The van der Waals surface area contributed by atoms with Gasteiger partial charge < -0.3 is 19.6 Å². The van der Waals surface area contributed by atoms with E-state index in [0.717, 1.165) is 92.0 Å². The van der Waals surface area contributed by atoms with Gasteiger partial charge in [0.25, 0.3) is 0 Å². The predicted octanol–water partition coefficient (Wildman–Crippen LogP) is 16.5. The fraction of sp³-hybridized carbons (Fsp3) is 0.156. The van der Waals surface area contributed by atoms with Crippen molar-refractivity contribution in [1.82, 2.24) is 0 Å². The normalized spacial score (nSPS) is 11.0. The minimum absolute atomic E-state index is 0.723. The molecule has 0 heterocycles. The molecule has 6 heteroatoms. The molecule has 0 fully saturated rings. The monoisotopic (exact) mass is 907 g/mol. The maximum atomic E-state index is 6.26. The smallest absolute Gasteiger partial charge is 0.113 e. The lowest BCUT2D eigenvalue weighted by molar-refractivity contribution is 0.795. The van der Waals surface area contributed by atoms with Crippen molar-refractivity contribution in [1.29, 1.82) is 0 Å². The molecule has 9 aromatic rings. The van der Waals surface area contributed by atoms with Crippen LogP contribution in [0, 0.1) is 13.8 Å². The van der Waals surface area contributed by atoms with Crippen molar-refractivity contribution in [3.05, 3.63) is 241 Å². The Kier molecular flexibility index (Phi) is 15.0. The number of nitrogens with zero attached hydrogens (tertiary/aromatic N) is 4. The van der Waals surface area contributed by atoms with Crippen molar-refractivity contribution in [2.75, 3.05) is 19.6 Å². The molecule has 0 aromatic heterocycles. The zero-order valence-corrected chi connectivity index (χ0v) is 41.0. The second-order valence-corrected chi connectivity index (χ2v) is 18.3. The van der Waals surface area contributed by atoms with E-state index in [2.05, 4.69) is 241 Å². The molecule has 0 spiro atoms. The molecule has 4 radical (unpaired) electrons. The molecular formula is C64H60B2N4. The van der Waals surface area contributed by atoms with E-state index in [0.29, 0.717) is 0 Å². The number of anilines is 12. The van der Waals surface area contributed by atoms with Crippen LogP contribution in [0.25, 0.3) is 0 Å². The number of hydrogen-bond donors (Lipinski definition) is 0. The Morgan fingerprint density at radius 1 is 0.257 bits per heavy atom. The van der Waals surface area contributed by atoms with E-state index in [1.165, 1.54) is 47.9 Å². The third kappa shape index (κ3) is 11.1. The van der Waals surface area contributed by atoms with Gasteiger partial charge in [0.1, 0.15) is 15.7 Å². The summed E-state index contributed by atoms with van der Waals surface area (Å²) in [7, 11) is 12.4. The quantitative estimate of drug-likeness (QED) is 0.0795. The first-order valence-electron chi connectivity index (χ1n) is 24.8. The first kappa shape index (κ1) is 47.4. The van der Waals surface area contributed by atoms with Crippen molar-refractivity contribution in [3.8, 4) is 0 Å². The van der Waals surface area contributed by atoms with Gasteiger partial charge in [-0.3, -0.25) is 0 Å². The Morgan fingerprint density at radius 3 is 0.629 bits per heavy atom. The fourth-order valence-corrected chi connectivity index (χ4v) is 9.06. The van der Waals surface area contributed by atoms with Gasteiger partial charge in [0.15, 0.2) is 0 Å². The average Bonchev–Trinajstić information content (AvgIpc) is 3.39. The van der Waals surface area contributed by atoms with Crippen LogP contribution in [-0.4, -0.2) is 15.7 Å². The van der Waals surface area contributed by atoms with Gasteiger partial charge >= 0.3 is 0 Å². The van der Waals surface area contributed by atoms with Crippen molar-refractivity contribution in [2.45, 2.75) is 66.2 Å². The third-order valence-corrected chi connectivity index (χ3v) is 13.0. The van der Waals surface area contributed by atoms with Gasteiger partial charge in [0.05, 0.1) is 0 Å². The van der Waals surface area contributed by atoms with Crippen LogP contribution in [0.1, 0.15) is 61.8 Å². The third-order valence-electron chi connectivity index (χ3n) is 13.0. The Labute approximate surface area is 419 Å². The molecule has 0 aliphatic carbocycles. The summed E-state index contributed by atoms with van der Waals surface area (Å²) >= 11 is 0. The predicted molar refractivity (Wildman–Crippen MR) is 303 cm³/mol. The molecule has 4 nitrogen and oxygen atoms in total. The summed E-state index contributed by atoms with van der Waals surface area (Å²) in [4.78, 5) is 9.24. The topological polar surface area (TPSA) is 13.0 Å². The van der Waals surface area contributed by atoms with Crippen molar-refractivity contribution >= 4 is 94.9 Å². The zero-order chi connectivity index (χ0) is 48.4. The van der Waals surface area contributed by atoms with Gasteiger partial charge in [-0.05, 0) is 196 Å². The summed E-state index contributed by atoms with van der Waals surface area (Å²) < 4.78 is 0. The minimum atomic E-state index is 0.723. The van der Waals surface area contributed by atoms with Gasteiger partial charge in [-0.1, -0.05) is 122 Å². The van der Waals surface area contributed by atoms with Crippen LogP contribution in [0.15, 0.2) is 218 Å². The van der Waals surface area contributed by atoms with Crippen LogP contribution < -0.4 is 30.5 Å². The molecule has 0 aliphatic heterocycles. The molecule has 0 aliphatic rings. The first-order valence-corrected chi connectivity index (χ1v) is 24.8. The summed E-state index contributed by atoms with van der Waals surface area (Å²) in [5, 5.41) is 0. The van der Waals surface area contributed by atoms with Crippen LogP contribution in [0.4, 0.5) is 68.2 Å². The molecule has 9 aromatic carbocycles. The van der Waals surface area contributed by atoms with Crippen molar-refractivity contribution < 1.29 is 0 Å². The molecule has 70 heavy (non-hydrogen) atoms. The summed E-state index contributed by atoms with van der Waals surface area (Å²) in [6.45, 7) is 8.75. The maximum Gasteiger partial charge on any atom is 0.113 e. The number of aryl methyl sites for hydroxylation is 4. The molecule has 0 saturated carbocycles. The van der Waals surface area contributed by atoms with Gasteiger partial charge in [-0.2, -0.15) is 0 Å². The van der Waals surface area contributed by atoms with Crippen LogP contribution in [-0.2, 0) is 12.8 Å². The highest BCUT2D eigenvalue weighted by atomic mass is 15.2. The highest BCUT2D eigenvalue weighted by Gasteiger charge is 2.20. The molecule has 0 N–H and O–H groups in total. The lowest BCUT2D eigenvalue weighted by Gasteiger charge is -2.30. The van der Waals surface area contributed by atoms with Gasteiger partial charge in [0.2, 0.25) is 0 Å². The van der Waals surface area contributed by atoms with Crippen molar-refractivity contribution in [2.24, 2.45) is 0 Å². The second kappa shape index (κ2) is 22.2. The van der Waals surface area contributed by atoms with E-state index in [-0.39, 0.29) is 0 Å². The maximum absolute atomic E-state index is 6.26. The second-order valence-electron chi connectivity index (χ2n) is 18.3. The van der Waals surface area contributed by atoms with E-state index in [9.17, 15) is 0 Å². The summed E-state index contributed by atoms with van der Waals surface area (Å²) in [5.74, 6) is 0. The van der Waals surface area contributed by atoms with E-state index in [1.54, 1.807) is 0 Å². The highest BCUT2D eigenvalue weighted by molar-refractivity contribution is 6.32. The number of unbranched alkanes of at least 4 members (excludes halogenated alkanes) is 2. The lowest BCUT2D eigenvalue weighted by atomic mass is 9.96. The standard InChI is InChI=1S/C64H60B2N4/c1-5-7-9-49-15-27-55(28-16-49)67(53-23-11-47(3)12-24-53)59-35-43-63(44-36-59)70(58-33-21-52(66)22-34-58)64-45-39-61(40-46-64)68(54-25-13-48(4)14-26-54)60-37-41-62(42-38-60)69(57-31-19-51(65)20-32-57)56-29-17-50(18-30-56)10-8-6-2/h11-46H,5-10H2,1-4H3. The summed E-state index contributed by atoms with van der Waals surface area (Å²) in [5.41, 5.74) is 19.4. The highest BCUT2D eigenvalue weighted by Crippen LogP contribution is 2.43. The van der Waals surface area contributed by atoms with Crippen LogP contribution in [0.3, 0.4) is 0 Å². The van der Waals surface area contributed by atoms with E-state index < -0.39 is 0 Å². The molecule has 0 amide bonds. The van der Waals surface area contributed by atoms with Crippen LogP contribution in [0.5, 0.6) is 0 Å². The van der Waals surface area contributed by atoms with Crippen molar-refractivity contribution in [3.63, 3.8) is 0 Å². The summed E-state index contributed by atoms with van der Waals surface area (Å²) in [6, 6.07) is 78.3. The molecular weight excluding hydrogens is 846 g/mol. The summed E-state index contributed by atoms with van der Waals surface area (Å²) in [6.07, 6.45) is 6.91. The Morgan fingerprint density at radius 2 is 0.429 bits per heavy atom. The minimum Gasteiger partial charge on any atom is -0.311 e.